The molecule has 134 valence electrons. The number of amides is 2. The highest BCUT2D eigenvalue weighted by molar-refractivity contribution is 8.04. The van der Waals surface area contributed by atoms with E-state index in [-0.39, 0.29) is 11.8 Å². The first-order chi connectivity index (χ1) is 12.2. The van der Waals surface area contributed by atoms with E-state index >= 15 is 0 Å². The first kappa shape index (κ1) is 18.4. The number of carbonyl (C=O) groups is 2. The van der Waals surface area contributed by atoms with E-state index < -0.39 is 0 Å². The van der Waals surface area contributed by atoms with Gasteiger partial charge in [-0.05, 0) is 37.1 Å². The van der Waals surface area contributed by atoms with Crippen molar-refractivity contribution in [2.24, 2.45) is 0 Å². The Morgan fingerprint density at radius 1 is 1.28 bits per heavy atom. The summed E-state index contributed by atoms with van der Waals surface area (Å²) in [5, 5.41) is 6.52. The maximum absolute atomic E-state index is 12.1. The maximum Gasteiger partial charge on any atom is 0.262 e. The van der Waals surface area contributed by atoms with Crippen LogP contribution in [0.2, 0.25) is 0 Å². The molecular formula is C19H24N2O2S2. The van der Waals surface area contributed by atoms with Gasteiger partial charge in [-0.15, -0.1) is 0 Å². The third kappa shape index (κ3) is 5.54. The zero-order valence-electron chi connectivity index (χ0n) is 14.3. The van der Waals surface area contributed by atoms with E-state index in [1.807, 2.05) is 36.0 Å². The second-order valence-electron chi connectivity index (χ2n) is 6.34. The Hall–Kier alpha value is -1.40. The Kier molecular flexibility index (Phi) is 6.87. The highest BCUT2D eigenvalue weighted by Gasteiger charge is 2.21. The third-order valence-corrected chi connectivity index (χ3v) is 6.93. The lowest BCUT2D eigenvalue weighted by Crippen LogP contribution is -2.25. The maximum atomic E-state index is 12.1. The smallest absolute Gasteiger partial charge is 0.262 e. The first-order valence-electron chi connectivity index (χ1n) is 8.92. The summed E-state index contributed by atoms with van der Waals surface area (Å²) in [5.41, 5.74) is 0.801. The molecule has 2 aliphatic rings. The van der Waals surface area contributed by atoms with Crippen LogP contribution in [-0.2, 0) is 9.59 Å². The number of carbonyl (C=O) groups excluding carboxylic acids is 2. The lowest BCUT2D eigenvalue weighted by atomic mass is 10.0. The van der Waals surface area contributed by atoms with Gasteiger partial charge < -0.3 is 10.6 Å². The zero-order valence-corrected chi connectivity index (χ0v) is 15.9. The number of hydrogen-bond acceptors (Lipinski definition) is 4. The van der Waals surface area contributed by atoms with E-state index in [0.29, 0.717) is 11.4 Å². The second kappa shape index (κ2) is 9.34. The molecule has 1 aliphatic carbocycles. The summed E-state index contributed by atoms with van der Waals surface area (Å²) in [6.07, 6.45) is 9.18. The number of anilines is 1. The zero-order chi connectivity index (χ0) is 17.5. The molecule has 3 rings (SSSR count). The van der Waals surface area contributed by atoms with Crippen LogP contribution in [0, 0.1) is 0 Å². The summed E-state index contributed by atoms with van der Waals surface area (Å²) in [7, 11) is 0. The fourth-order valence-corrected chi connectivity index (χ4v) is 5.27. The van der Waals surface area contributed by atoms with Gasteiger partial charge in [0.05, 0.1) is 10.6 Å². The van der Waals surface area contributed by atoms with Gasteiger partial charge in [-0.2, -0.15) is 11.8 Å². The molecule has 4 nitrogen and oxygen atoms in total. The molecule has 0 radical (unpaired) electrons. The van der Waals surface area contributed by atoms with Crippen molar-refractivity contribution >= 4 is 41.0 Å². The van der Waals surface area contributed by atoms with E-state index in [1.54, 1.807) is 0 Å². The number of benzene rings is 1. The van der Waals surface area contributed by atoms with Gasteiger partial charge >= 0.3 is 0 Å². The van der Waals surface area contributed by atoms with Crippen molar-refractivity contribution in [3.63, 3.8) is 0 Å². The Balaban J connectivity index is 1.40. The molecule has 1 aliphatic heterocycles. The van der Waals surface area contributed by atoms with Gasteiger partial charge in [-0.1, -0.05) is 43.2 Å². The van der Waals surface area contributed by atoms with Crippen molar-refractivity contribution in [2.75, 3.05) is 17.6 Å². The minimum Gasteiger partial charge on any atom is -0.352 e. The number of thioether (sulfide) groups is 2. The lowest BCUT2D eigenvalue weighted by molar-refractivity contribution is -0.117. The number of para-hydroxylation sites is 1. The second-order valence-corrected chi connectivity index (χ2v) is 8.83. The molecule has 0 unspecified atom stereocenters. The topological polar surface area (TPSA) is 58.2 Å². The fraction of sp³-hybridized carbons (Fsp3) is 0.474. The number of rotatable bonds is 6. The molecule has 1 aromatic carbocycles. The molecule has 0 aromatic heterocycles. The number of hydrogen-bond donors (Lipinski definition) is 2. The average molecular weight is 377 g/mol. The summed E-state index contributed by atoms with van der Waals surface area (Å²) in [6, 6.07) is 7.60. The van der Waals surface area contributed by atoms with Crippen molar-refractivity contribution in [3.8, 4) is 0 Å². The van der Waals surface area contributed by atoms with E-state index in [9.17, 15) is 9.59 Å². The van der Waals surface area contributed by atoms with Crippen LogP contribution in [0.4, 0.5) is 5.69 Å². The molecule has 0 bridgehead atoms. The Morgan fingerprint density at radius 3 is 2.92 bits per heavy atom. The van der Waals surface area contributed by atoms with Crippen LogP contribution in [0.3, 0.4) is 0 Å². The molecular weight excluding hydrogens is 352 g/mol. The van der Waals surface area contributed by atoms with Crippen LogP contribution < -0.4 is 10.6 Å². The van der Waals surface area contributed by atoms with Crippen molar-refractivity contribution in [2.45, 2.75) is 48.7 Å². The van der Waals surface area contributed by atoms with Crippen molar-refractivity contribution in [1.29, 1.82) is 0 Å². The molecule has 0 spiro atoms. The normalized spacial score (nSPS) is 19.4. The fourth-order valence-electron chi connectivity index (χ4n) is 3.04. The van der Waals surface area contributed by atoms with Gasteiger partial charge in [-0.3, -0.25) is 9.59 Å². The van der Waals surface area contributed by atoms with Crippen LogP contribution in [0.1, 0.15) is 38.5 Å². The monoisotopic (exact) mass is 376 g/mol. The van der Waals surface area contributed by atoms with Crippen molar-refractivity contribution < 1.29 is 9.59 Å². The summed E-state index contributed by atoms with van der Waals surface area (Å²) in [6.45, 7) is 0.658. The Morgan fingerprint density at radius 2 is 2.08 bits per heavy atom. The molecule has 2 N–H and O–H groups in total. The predicted octanol–water partition coefficient (Wildman–Crippen LogP) is 4.19. The highest BCUT2D eigenvalue weighted by Crippen LogP contribution is 2.37. The molecule has 1 aromatic rings. The standard InChI is InChI=1S/C19H24N2O2S2/c22-18(20-11-6-12-24-14-7-2-1-3-8-14)13-17-19(23)21-15-9-4-5-10-16(15)25-17/h4-5,9-10,13-14H,1-3,6-8,11-12H2,(H,20,22)(H,21,23). The minimum atomic E-state index is -0.216. The molecule has 1 fully saturated rings. The van der Waals surface area contributed by atoms with Gasteiger partial charge in [0, 0.05) is 22.8 Å². The lowest BCUT2D eigenvalue weighted by Gasteiger charge is -2.20. The minimum absolute atomic E-state index is 0.195. The number of nitrogens with one attached hydrogen (secondary N) is 2. The van der Waals surface area contributed by atoms with Crippen molar-refractivity contribution in [3.05, 3.63) is 35.2 Å². The number of fused-ring (bicyclic) bond motifs is 1. The van der Waals surface area contributed by atoms with Crippen LogP contribution in [0.25, 0.3) is 0 Å². The van der Waals surface area contributed by atoms with Gasteiger partial charge in [-0.25, -0.2) is 0 Å². The van der Waals surface area contributed by atoms with Crippen LogP contribution >= 0.6 is 23.5 Å². The molecule has 2 amide bonds. The molecule has 0 saturated heterocycles. The van der Waals surface area contributed by atoms with Gasteiger partial charge in [0.2, 0.25) is 5.91 Å². The molecule has 25 heavy (non-hydrogen) atoms. The van der Waals surface area contributed by atoms with E-state index in [2.05, 4.69) is 10.6 Å². The van der Waals surface area contributed by atoms with Gasteiger partial charge in [0.1, 0.15) is 0 Å². The predicted molar refractivity (Wildman–Crippen MR) is 106 cm³/mol. The SMILES string of the molecule is O=C(C=C1Sc2ccccc2NC1=O)NCCCSC1CCCCC1. The Bertz CT molecular complexity index is 655. The van der Waals surface area contributed by atoms with E-state index in [0.717, 1.165) is 28.0 Å². The molecule has 0 atom stereocenters. The van der Waals surface area contributed by atoms with Crippen molar-refractivity contribution in [1.82, 2.24) is 5.32 Å². The summed E-state index contributed by atoms with van der Waals surface area (Å²) >= 11 is 3.38. The van der Waals surface area contributed by atoms with E-state index in [4.69, 9.17) is 0 Å². The van der Waals surface area contributed by atoms with Crippen LogP contribution in [0.5, 0.6) is 0 Å². The van der Waals surface area contributed by atoms with Gasteiger partial charge in [0.25, 0.3) is 5.91 Å². The van der Waals surface area contributed by atoms with Crippen LogP contribution in [0.15, 0.2) is 40.1 Å². The Labute approximate surface area is 157 Å². The summed E-state index contributed by atoms with van der Waals surface area (Å²) < 4.78 is 0. The third-order valence-electron chi connectivity index (χ3n) is 4.37. The molecule has 1 heterocycles. The quantitative estimate of drug-likeness (QED) is 0.577. The van der Waals surface area contributed by atoms with E-state index in [1.165, 1.54) is 49.9 Å². The molecule has 6 heteroatoms. The largest absolute Gasteiger partial charge is 0.352 e. The summed E-state index contributed by atoms with van der Waals surface area (Å²) in [5.74, 6) is 0.677. The van der Waals surface area contributed by atoms with Gasteiger partial charge in [0.15, 0.2) is 0 Å². The van der Waals surface area contributed by atoms with Crippen LogP contribution in [-0.4, -0.2) is 29.4 Å². The summed E-state index contributed by atoms with van der Waals surface area (Å²) in [4.78, 5) is 25.5. The average Bonchev–Trinajstić information content (AvgIpc) is 2.63. The molecule has 1 saturated carbocycles. The highest BCUT2D eigenvalue weighted by atomic mass is 32.2. The first-order valence-corrected chi connectivity index (χ1v) is 10.8.